The fourth-order valence-corrected chi connectivity index (χ4v) is 1.85. The monoisotopic (exact) mass is 247 g/mol. The Morgan fingerprint density at radius 3 is 2.53 bits per heavy atom. The number of imidazole rings is 1. The number of para-hydroxylation sites is 1. The largest absolute Gasteiger partial charge is 0.343 e. The van der Waals surface area contributed by atoms with Gasteiger partial charge in [-0.2, -0.15) is 0 Å². The van der Waals surface area contributed by atoms with E-state index in [0.717, 1.165) is 5.69 Å². The van der Waals surface area contributed by atoms with Crippen LogP contribution in [0.4, 0.5) is 0 Å². The topological polar surface area (TPSA) is 41.0 Å². The molecule has 17 heavy (non-hydrogen) atoms. The second-order valence-electron chi connectivity index (χ2n) is 3.85. The smallest absolute Gasteiger partial charge is 0.271 e. The van der Waals surface area contributed by atoms with Crippen LogP contribution < -0.4 is 0 Å². The van der Waals surface area contributed by atoms with Crippen molar-refractivity contribution < 1.29 is 4.79 Å². The molecule has 0 aliphatic rings. The van der Waals surface area contributed by atoms with E-state index in [2.05, 4.69) is 4.98 Å². The first-order chi connectivity index (χ1) is 8.11. The Hall–Kier alpha value is -1.88. The molecule has 1 N–H and O–H groups in total. The highest BCUT2D eigenvalue weighted by Gasteiger charge is 2.15. The van der Waals surface area contributed by atoms with E-state index in [1.165, 1.54) is 4.90 Å². The highest BCUT2D eigenvalue weighted by atomic mass is 32.1. The number of amides is 1. The van der Waals surface area contributed by atoms with E-state index in [-0.39, 0.29) is 5.91 Å². The molecule has 2 aromatic rings. The Bertz CT molecular complexity index is 583. The molecule has 88 valence electrons. The molecule has 0 aliphatic carbocycles. The molecule has 5 heteroatoms. The zero-order valence-electron chi connectivity index (χ0n) is 9.68. The van der Waals surface area contributed by atoms with Gasteiger partial charge in [-0.1, -0.05) is 18.2 Å². The lowest BCUT2D eigenvalue weighted by Gasteiger charge is -2.12. The number of aromatic nitrogens is 2. The molecule has 0 spiro atoms. The maximum Gasteiger partial charge on any atom is 0.271 e. The second kappa shape index (κ2) is 4.55. The van der Waals surface area contributed by atoms with E-state index < -0.39 is 0 Å². The molecule has 2 rings (SSSR count). The summed E-state index contributed by atoms with van der Waals surface area (Å²) in [5.41, 5.74) is 1.41. The standard InChI is InChI=1S/C12H13N3OS/c1-14(2)11(16)10-8-13-12(17)15(10)9-6-4-3-5-7-9/h3-8H,1-2H3,(H,13,17). The van der Waals surface area contributed by atoms with Crippen LogP contribution in [0.2, 0.25) is 0 Å². The predicted molar refractivity (Wildman–Crippen MR) is 69.0 cm³/mol. The minimum atomic E-state index is -0.0822. The van der Waals surface area contributed by atoms with Crippen molar-refractivity contribution in [3.05, 3.63) is 47.0 Å². The summed E-state index contributed by atoms with van der Waals surface area (Å²) >= 11 is 5.20. The summed E-state index contributed by atoms with van der Waals surface area (Å²) < 4.78 is 2.25. The van der Waals surface area contributed by atoms with Gasteiger partial charge in [0, 0.05) is 26.0 Å². The van der Waals surface area contributed by atoms with Gasteiger partial charge in [-0.3, -0.25) is 9.36 Å². The summed E-state index contributed by atoms with van der Waals surface area (Å²) in [6.45, 7) is 0. The molecule has 0 fully saturated rings. The number of hydrogen-bond donors (Lipinski definition) is 1. The maximum atomic E-state index is 12.0. The van der Waals surface area contributed by atoms with Gasteiger partial charge in [0.1, 0.15) is 5.69 Å². The van der Waals surface area contributed by atoms with Gasteiger partial charge in [0.2, 0.25) is 0 Å². The zero-order chi connectivity index (χ0) is 12.4. The first kappa shape index (κ1) is 11.6. The Balaban J connectivity index is 2.59. The number of aromatic amines is 1. The SMILES string of the molecule is CN(C)C(=O)c1c[nH]c(=S)n1-c1ccccc1. The van der Waals surface area contributed by atoms with E-state index in [9.17, 15) is 4.79 Å². The number of carbonyl (C=O) groups excluding carboxylic acids is 1. The van der Waals surface area contributed by atoms with Crippen molar-refractivity contribution in [2.75, 3.05) is 14.1 Å². The van der Waals surface area contributed by atoms with Gasteiger partial charge in [-0.15, -0.1) is 0 Å². The van der Waals surface area contributed by atoms with E-state index in [1.807, 2.05) is 30.3 Å². The molecule has 0 bridgehead atoms. The molecule has 1 aromatic heterocycles. The van der Waals surface area contributed by atoms with E-state index in [1.54, 1.807) is 24.9 Å². The number of H-pyrrole nitrogens is 1. The minimum Gasteiger partial charge on any atom is -0.343 e. The van der Waals surface area contributed by atoms with Crippen LogP contribution in [0.25, 0.3) is 5.69 Å². The van der Waals surface area contributed by atoms with Crippen LogP contribution in [-0.2, 0) is 0 Å². The van der Waals surface area contributed by atoms with Gasteiger partial charge in [-0.25, -0.2) is 0 Å². The molecule has 0 aliphatic heterocycles. The third kappa shape index (κ3) is 2.14. The number of benzene rings is 1. The van der Waals surface area contributed by atoms with Crippen LogP contribution in [0.1, 0.15) is 10.5 Å². The van der Waals surface area contributed by atoms with Crippen LogP contribution in [0.15, 0.2) is 36.5 Å². The molecular formula is C12H13N3OS. The number of rotatable bonds is 2. The first-order valence-electron chi connectivity index (χ1n) is 5.19. The summed E-state index contributed by atoms with van der Waals surface area (Å²) in [4.78, 5) is 16.4. The van der Waals surface area contributed by atoms with Gasteiger partial charge in [0.25, 0.3) is 5.91 Å². The molecule has 4 nitrogen and oxygen atoms in total. The van der Waals surface area contributed by atoms with Crippen LogP contribution in [0.3, 0.4) is 0 Å². The fraction of sp³-hybridized carbons (Fsp3) is 0.167. The molecule has 0 saturated carbocycles. The summed E-state index contributed by atoms with van der Waals surface area (Å²) in [6.07, 6.45) is 1.64. The molecule has 0 radical (unpaired) electrons. The zero-order valence-corrected chi connectivity index (χ0v) is 10.5. The van der Waals surface area contributed by atoms with Crippen molar-refractivity contribution in [2.24, 2.45) is 0 Å². The van der Waals surface area contributed by atoms with Crippen molar-refractivity contribution in [3.8, 4) is 5.69 Å². The number of nitrogens with one attached hydrogen (secondary N) is 1. The average molecular weight is 247 g/mol. The number of nitrogens with zero attached hydrogens (tertiary/aromatic N) is 2. The van der Waals surface area contributed by atoms with Crippen LogP contribution in [0, 0.1) is 4.77 Å². The molecular weight excluding hydrogens is 234 g/mol. The van der Waals surface area contributed by atoms with Crippen molar-refractivity contribution in [1.82, 2.24) is 14.5 Å². The third-order valence-electron chi connectivity index (χ3n) is 2.42. The summed E-state index contributed by atoms with van der Waals surface area (Å²) in [5.74, 6) is -0.0822. The first-order valence-corrected chi connectivity index (χ1v) is 5.59. The van der Waals surface area contributed by atoms with E-state index in [4.69, 9.17) is 12.2 Å². The van der Waals surface area contributed by atoms with Crippen LogP contribution >= 0.6 is 12.2 Å². The molecule has 0 unspecified atom stereocenters. The second-order valence-corrected chi connectivity index (χ2v) is 4.24. The van der Waals surface area contributed by atoms with Crippen molar-refractivity contribution in [3.63, 3.8) is 0 Å². The Morgan fingerprint density at radius 2 is 1.94 bits per heavy atom. The van der Waals surface area contributed by atoms with Crippen LogP contribution in [-0.4, -0.2) is 34.5 Å². The van der Waals surface area contributed by atoms with E-state index in [0.29, 0.717) is 10.5 Å². The highest BCUT2D eigenvalue weighted by molar-refractivity contribution is 7.71. The molecule has 1 amide bonds. The normalized spacial score (nSPS) is 10.2. The van der Waals surface area contributed by atoms with Gasteiger partial charge in [0.15, 0.2) is 4.77 Å². The molecule has 0 atom stereocenters. The molecule has 0 saturated heterocycles. The molecule has 1 aromatic carbocycles. The lowest BCUT2D eigenvalue weighted by molar-refractivity contribution is 0.0820. The van der Waals surface area contributed by atoms with Gasteiger partial charge < -0.3 is 9.88 Å². The van der Waals surface area contributed by atoms with Crippen molar-refractivity contribution in [1.29, 1.82) is 0 Å². The van der Waals surface area contributed by atoms with Gasteiger partial charge in [-0.05, 0) is 24.4 Å². The molecule has 1 heterocycles. The fourth-order valence-electron chi connectivity index (χ4n) is 1.59. The third-order valence-corrected chi connectivity index (χ3v) is 2.72. The van der Waals surface area contributed by atoms with Crippen LogP contribution in [0.5, 0.6) is 0 Å². The predicted octanol–water partition coefficient (Wildman–Crippen LogP) is 2.24. The highest BCUT2D eigenvalue weighted by Crippen LogP contribution is 2.13. The van der Waals surface area contributed by atoms with Crippen molar-refractivity contribution in [2.45, 2.75) is 0 Å². The number of carbonyl (C=O) groups is 1. The van der Waals surface area contributed by atoms with Crippen molar-refractivity contribution >= 4 is 18.1 Å². The Labute approximate surface area is 105 Å². The summed E-state index contributed by atoms with van der Waals surface area (Å²) in [5, 5.41) is 0. The lowest BCUT2D eigenvalue weighted by Crippen LogP contribution is -2.24. The quantitative estimate of drug-likeness (QED) is 0.827. The van der Waals surface area contributed by atoms with Gasteiger partial charge in [0.05, 0.1) is 0 Å². The van der Waals surface area contributed by atoms with Gasteiger partial charge >= 0.3 is 0 Å². The average Bonchev–Trinajstić information content (AvgIpc) is 2.71. The lowest BCUT2D eigenvalue weighted by atomic mass is 10.3. The van der Waals surface area contributed by atoms with E-state index >= 15 is 0 Å². The maximum absolute atomic E-state index is 12.0. The summed E-state index contributed by atoms with van der Waals surface area (Å²) in [6, 6.07) is 9.57. The summed E-state index contributed by atoms with van der Waals surface area (Å²) in [7, 11) is 3.43. The Kier molecular flexibility index (Phi) is 3.10. The minimum absolute atomic E-state index is 0.0822. The Morgan fingerprint density at radius 1 is 1.29 bits per heavy atom. The number of hydrogen-bond acceptors (Lipinski definition) is 2.